The Morgan fingerprint density at radius 2 is 1.37 bits per heavy atom. The molecule has 0 saturated heterocycles. The SMILES string of the molecule is O=C(OCC1(COC(=O)c2ccccc2)CC=CC(Cl)C1)c1ccccc1. The molecule has 1 aliphatic rings. The van der Waals surface area contributed by atoms with Crippen molar-refractivity contribution in [1.29, 1.82) is 0 Å². The van der Waals surface area contributed by atoms with Crippen molar-refractivity contribution in [3.8, 4) is 0 Å². The second-order valence-corrected chi connectivity index (χ2v) is 7.30. The molecule has 0 fully saturated rings. The van der Waals surface area contributed by atoms with Crippen LogP contribution in [0.15, 0.2) is 72.8 Å². The average Bonchev–Trinajstić information content (AvgIpc) is 2.72. The Morgan fingerprint density at radius 1 is 0.889 bits per heavy atom. The van der Waals surface area contributed by atoms with E-state index in [1.165, 1.54) is 0 Å². The van der Waals surface area contributed by atoms with Crippen LogP contribution in [0.5, 0.6) is 0 Å². The molecule has 3 rings (SSSR count). The van der Waals surface area contributed by atoms with Crippen molar-refractivity contribution >= 4 is 23.5 Å². The third-order valence-electron chi connectivity index (χ3n) is 4.56. The minimum absolute atomic E-state index is 0.135. The van der Waals surface area contributed by atoms with Crippen LogP contribution in [0.1, 0.15) is 33.6 Å². The second-order valence-electron chi connectivity index (χ2n) is 6.74. The molecule has 1 aliphatic carbocycles. The Balaban J connectivity index is 1.66. The highest BCUT2D eigenvalue weighted by atomic mass is 35.5. The number of benzene rings is 2. The second kappa shape index (κ2) is 8.87. The van der Waals surface area contributed by atoms with Crippen LogP contribution < -0.4 is 0 Å². The molecule has 0 bridgehead atoms. The number of alkyl halides is 1. The van der Waals surface area contributed by atoms with Gasteiger partial charge in [-0.25, -0.2) is 9.59 Å². The molecule has 0 aromatic heterocycles. The van der Waals surface area contributed by atoms with Crippen LogP contribution in [0.3, 0.4) is 0 Å². The van der Waals surface area contributed by atoms with Gasteiger partial charge in [0.25, 0.3) is 0 Å². The van der Waals surface area contributed by atoms with Crippen LogP contribution >= 0.6 is 11.6 Å². The zero-order valence-electron chi connectivity index (χ0n) is 14.8. The lowest BCUT2D eigenvalue weighted by Gasteiger charge is -2.35. The minimum atomic E-state index is -0.532. The maximum Gasteiger partial charge on any atom is 0.338 e. The number of carbonyl (C=O) groups excluding carboxylic acids is 2. The van der Waals surface area contributed by atoms with Gasteiger partial charge < -0.3 is 9.47 Å². The molecule has 2 aromatic carbocycles. The number of halogens is 1. The molecule has 0 N–H and O–H groups in total. The predicted octanol–water partition coefficient (Wildman–Crippen LogP) is 4.64. The molecule has 27 heavy (non-hydrogen) atoms. The normalized spacial score (nSPS) is 17.9. The first kappa shape index (κ1) is 19.2. The topological polar surface area (TPSA) is 52.6 Å². The third kappa shape index (κ3) is 5.20. The smallest absolute Gasteiger partial charge is 0.338 e. The maximum absolute atomic E-state index is 12.3. The van der Waals surface area contributed by atoms with Gasteiger partial charge in [-0.3, -0.25) is 0 Å². The Morgan fingerprint density at radius 3 is 1.81 bits per heavy atom. The molecule has 0 radical (unpaired) electrons. The van der Waals surface area contributed by atoms with E-state index in [2.05, 4.69) is 0 Å². The molecule has 0 saturated carbocycles. The van der Waals surface area contributed by atoms with Gasteiger partial charge in [0.05, 0.1) is 16.5 Å². The van der Waals surface area contributed by atoms with Gasteiger partial charge in [-0.1, -0.05) is 48.6 Å². The Kier molecular flexibility index (Phi) is 6.30. The largest absolute Gasteiger partial charge is 0.461 e. The number of hydrogen-bond acceptors (Lipinski definition) is 4. The summed E-state index contributed by atoms with van der Waals surface area (Å²) in [4.78, 5) is 24.6. The van der Waals surface area contributed by atoms with Crippen LogP contribution in [0.4, 0.5) is 0 Å². The van der Waals surface area contributed by atoms with Crippen molar-refractivity contribution in [2.24, 2.45) is 5.41 Å². The highest BCUT2D eigenvalue weighted by Crippen LogP contribution is 2.36. The zero-order valence-corrected chi connectivity index (χ0v) is 15.6. The van der Waals surface area contributed by atoms with Crippen molar-refractivity contribution in [2.45, 2.75) is 18.2 Å². The number of rotatable bonds is 6. The van der Waals surface area contributed by atoms with Crippen molar-refractivity contribution < 1.29 is 19.1 Å². The molecule has 2 aromatic rings. The van der Waals surface area contributed by atoms with Crippen molar-refractivity contribution in [2.75, 3.05) is 13.2 Å². The zero-order chi connectivity index (χ0) is 19.1. The van der Waals surface area contributed by atoms with Gasteiger partial charge in [-0.2, -0.15) is 0 Å². The molecule has 0 aliphatic heterocycles. The van der Waals surface area contributed by atoms with E-state index in [1.54, 1.807) is 48.5 Å². The Bertz CT molecular complexity index is 746. The average molecular weight is 385 g/mol. The van der Waals surface area contributed by atoms with Gasteiger partial charge in [0.15, 0.2) is 0 Å². The highest BCUT2D eigenvalue weighted by molar-refractivity contribution is 6.21. The fourth-order valence-electron chi connectivity index (χ4n) is 3.06. The standard InChI is InChI=1S/C22H21ClO4/c23-19-12-7-13-22(14-19,15-26-20(24)17-8-3-1-4-9-17)16-27-21(25)18-10-5-2-6-11-18/h1-12,19H,13-16H2. The monoisotopic (exact) mass is 384 g/mol. The van der Waals surface area contributed by atoms with Gasteiger partial charge >= 0.3 is 11.9 Å². The third-order valence-corrected chi connectivity index (χ3v) is 4.86. The fourth-order valence-corrected chi connectivity index (χ4v) is 3.49. The minimum Gasteiger partial charge on any atom is -0.461 e. The van der Waals surface area contributed by atoms with Crippen LogP contribution in [-0.2, 0) is 9.47 Å². The molecule has 140 valence electrons. The lowest BCUT2D eigenvalue weighted by Crippen LogP contribution is -2.38. The van der Waals surface area contributed by atoms with Crippen LogP contribution in [0.25, 0.3) is 0 Å². The maximum atomic E-state index is 12.3. The summed E-state index contributed by atoms with van der Waals surface area (Å²) < 4.78 is 11.1. The van der Waals surface area contributed by atoms with Crippen LogP contribution in [0.2, 0.25) is 0 Å². The number of allylic oxidation sites excluding steroid dienone is 2. The molecule has 1 unspecified atom stereocenters. The lowest BCUT2D eigenvalue weighted by atomic mass is 9.78. The van der Waals surface area contributed by atoms with E-state index in [4.69, 9.17) is 21.1 Å². The first-order valence-corrected chi connectivity index (χ1v) is 9.27. The quantitative estimate of drug-likeness (QED) is 0.413. The lowest BCUT2D eigenvalue weighted by molar-refractivity contribution is -0.00861. The molecular weight excluding hydrogens is 364 g/mol. The summed E-state index contributed by atoms with van der Waals surface area (Å²) in [7, 11) is 0. The van der Waals surface area contributed by atoms with Gasteiger partial charge in [-0.05, 0) is 37.1 Å². The summed E-state index contributed by atoms with van der Waals surface area (Å²) in [6.45, 7) is 0.271. The first-order valence-electron chi connectivity index (χ1n) is 8.83. The number of esters is 2. The molecule has 0 heterocycles. The van der Waals surface area contributed by atoms with E-state index >= 15 is 0 Å². The fraction of sp³-hybridized carbons (Fsp3) is 0.273. The van der Waals surface area contributed by atoms with Crippen molar-refractivity contribution in [3.63, 3.8) is 0 Å². The van der Waals surface area contributed by atoms with E-state index in [9.17, 15) is 9.59 Å². The molecule has 0 amide bonds. The van der Waals surface area contributed by atoms with E-state index in [0.29, 0.717) is 24.0 Å². The highest BCUT2D eigenvalue weighted by Gasteiger charge is 2.37. The van der Waals surface area contributed by atoms with E-state index in [-0.39, 0.29) is 18.6 Å². The number of hydrogen-bond donors (Lipinski definition) is 0. The number of carbonyl (C=O) groups is 2. The van der Waals surface area contributed by atoms with Gasteiger partial charge in [0, 0.05) is 5.41 Å². The van der Waals surface area contributed by atoms with Gasteiger partial charge in [0.2, 0.25) is 0 Å². The van der Waals surface area contributed by atoms with E-state index < -0.39 is 17.4 Å². The Hall–Kier alpha value is -2.59. The van der Waals surface area contributed by atoms with Gasteiger partial charge in [0.1, 0.15) is 13.2 Å². The molecule has 5 heteroatoms. The Labute approximate surface area is 163 Å². The summed E-state index contributed by atoms with van der Waals surface area (Å²) in [5, 5.41) is -0.190. The van der Waals surface area contributed by atoms with Crippen LogP contribution in [0, 0.1) is 5.41 Å². The summed E-state index contributed by atoms with van der Waals surface area (Å²) in [5.74, 6) is -0.796. The predicted molar refractivity (Wildman–Crippen MR) is 104 cm³/mol. The molecule has 4 nitrogen and oxygen atoms in total. The summed E-state index contributed by atoms with van der Waals surface area (Å²) in [6.07, 6.45) is 5.06. The summed E-state index contributed by atoms with van der Waals surface area (Å²) >= 11 is 6.30. The molecule has 0 spiro atoms. The van der Waals surface area contributed by atoms with Crippen LogP contribution in [-0.4, -0.2) is 30.5 Å². The first-order chi connectivity index (χ1) is 13.1. The van der Waals surface area contributed by atoms with Gasteiger partial charge in [-0.15, -0.1) is 11.6 Å². The number of ether oxygens (including phenoxy) is 2. The summed E-state index contributed by atoms with van der Waals surface area (Å²) in [6, 6.07) is 17.6. The molecule has 1 atom stereocenters. The molecular formula is C22H21ClO4. The van der Waals surface area contributed by atoms with E-state index in [0.717, 1.165) is 0 Å². The van der Waals surface area contributed by atoms with E-state index in [1.807, 2.05) is 24.3 Å². The van der Waals surface area contributed by atoms with Crippen molar-refractivity contribution in [1.82, 2.24) is 0 Å². The summed E-state index contributed by atoms with van der Waals surface area (Å²) in [5.41, 5.74) is 0.446. The van der Waals surface area contributed by atoms with Crippen molar-refractivity contribution in [3.05, 3.63) is 83.9 Å².